The molecule has 1 aromatic heterocycles. The molecular formula is C12H14FN3O3. The number of hydrogen-bond donors (Lipinski definition) is 1. The number of ether oxygens (including phenoxy) is 2. The fourth-order valence-corrected chi connectivity index (χ4v) is 1.55. The van der Waals surface area contributed by atoms with E-state index in [1.165, 1.54) is 32.4 Å². The minimum atomic E-state index is -0.492. The first-order valence-corrected chi connectivity index (χ1v) is 5.57. The van der Waals surface area contributed by atoms with Gasteiger partial charge in [0.25, 0.3) is 0 Å². The summed E-state index contributed by atoms with van der Waals surface area (Å²) < 4.78 is 28.1. The third kappa shape index (κ3) is 2.88. The molecule has 0 fully saturated rings. The van der Waals surface area contributed by atoms with Crippen molar-refractivity contribution in [3.05, 3.63) is 29.9 Å². The summed E-state index contributed by atoms with van der Waals surface area (Å²) in [6.07, 6.45) is 0. The minimum Gasteiger partial charge on any atom is -0.494 e. The van der Waals surface area contributed by atoms with Crippen LogP contribution < -0.4 is 10.5 Å². The maximum Gasteiger partial charge on any atom is 0.246 e. The summed E-state index contributed by atoms with van der Waals surface area (Å²) in [4.78, 5) is 4.14. The molecule has 1 atom stereocenters. The van der Waals surface area contributed by atoms with Crippen molar-refractivity contribution in [2.45, 2.75) is 6.04 Å². The predicted molar refractivity (Wildman–Crippen MR) is 65.0 cm³/mol. The van der Waals surface area contributed by atoms with Crippen molar-refractivity contribution < 1.29 is 18.4 Å². The first-order chi connectivity index (χ1) is 9.15. The Balaban J connectivity index is 2.27. The number of benzene rings is 1. The van der Waals surface area contributed by atoms with Gasteiger partial charge in [-0.1, -0.05) is 5.16 Å². The molecule has 0 saturated heterocycles. The number of aromatic nitrogens is 2. The lowest BCUT2D eigenvalue weighted by Gasteiger charge is -2.03. The first kappa shape index (κ1) is 13.4. The van der Waals surface area contributed by atoms with Gasteiger partial charge in [0.1, 0.15) is 6.04 Å². The third-order valence-electron chi connectivity index (χ3n) is 2.51. The van der Waals surface area contributed by atoms with E-state index in [-0.39, 0.29) is 18.2 Å². The predicted octanol–water partition coefficient (Wildman–Crippen LogP) is 1.53. The number of halogens is 1. The van der Waals surface area contributed by atoms with E-state index in [2.05, 4.69) is 10.1 Å². The van der Waals surface area contributed by atoms with Gasteiger partial charge in [0.2, 0.25) is 11.7 Å². The second-order valence-electron chi connectivity index (χ2n) is 3.87. The maximum absolute atomic E-state index is 13.3. The van der Waals surface area contributed by atoms with Crippen LogP contribution in [-0.2, 0) is 4.74 Å². The highest BCUT2D eigenvalue weighted by Crippen LogP contribution is 2.25. The van der Waals surface area contributed by atoms with E-state index < -0.39 is 11.9 Å². The van der Waals surface area contributed by atoms with Crippen molar-refractivity contribution in [1.29, 1.82) is 0 Å². The van der Waals surface area contributed by atoms with Gasteiger partial charge in [-0.15, -0.1) is 0 Å². The largest absolute Gasteiger partial charge is 0.494 e. The van der Waals surface area contributed by atoms with E-state index in [0.717, 1.165) is 0 Å². The molecule has 0 radical (unpaired) electrons. The zero-order valence-electron chi connectivity index (χ0n) is 10.6. The van der Waals surface area contributed by atoms with E-state index in [4.69, 9.17) is 19.7 Å². The lowest BCUT2D eigenvalue weighted by atomic mass is 10.2. The molecule has 0 saturated carbocycles. The van der Waals surface area contributed by atoms with Crippen LogP contribution in [0.1, 0.15) is 11.9 Å². The number of hydrogen-bond acceptors (Lipinski definition) is 6. The fourth-order valence-electron chi connectivity index (χ4n) is 1.55. The van der Waals surface area contributed by atoms with E-state index in [0.29, 0.717) is 11.4 Å². The van der Waals surface area contributed by atoms with Gasteiger partial charge in [0, 0.05) is 12.7 Å². The topological polar surface area (TPSA) is 83.4 Å². The van der Waals surface area contributed by atoms with Crippen LogP contribution in [-0.4, -0.2) is 31.0 Å². The molecule has 0 spiro atoms. The molecule has 0 aliphatic heterocycles. The number of rotatable bonds is 5. The third-order valence-corrected chi connectivity index (χ3v) is 2.51. The van der Waals surface area contributed by atoms with Crippen LogP contribution >= 0.6 is 0 Å². The second-order valence-corrected chi connectivity index (χ2v) is 3.87. The van der Waals surface area contributed by atoms with Crippen molar-refractivity contribution in [1.82, 2.24) is 10.1 Å². The van der Waals surface area contributed by atoms with Gasteiger partial charge in [-0.05, 0) is 18.2 Å². The van der Waals surface area contributed by atoms with Crippen LogP contribution in [0.5, 0.6) is 5.75 Å². The Kier molecular flexibility index (Phi) is 4.08. The molecule has 6 nitrogen and oxygen atoms in total. The van der Waals surface area contributed by atoms with Crippen LogP contribution in [0.3, 0.4) is 0 Å². The molecule has 1 heterocycles. The summed E-state index contributed by atoms with van der Waals surface area (Å²) >= 11 is 0. The van der Waals surface area contributed by atoms with E-state index in [9.17, 15) is 4.39 Å². The van der Waals surface area contributed by atoms with E-state index >= 15 is 0 Å². The second kappa shape index (κ2) is 5.77. The Morgan fingerprint density at radius 1 is 1.42 bits per heavy atom. The molecule has 19 heavy (non-hydrogen) atoms. The van der Waals surface area contributed by atoms with Crippen LogP contribution in [0.4, 0.5) is 4.39 Å². The Labute approximate surface area is 109 Å². The van der Waals surface area contributed by atoms with Gasteiger partial charge in [0.05, 0.1) is 13.7 Å². The van der Waals surface area contributed by atoms with Gasteiger partial charge in [0.15, 0.2) is 11.6 Å². The fraction of sp³-hybridized carbons (Fsp3) is 0.333. The molecule has 2 N–H and O–H groups in total. The molecule has 2 rings (SSSR count). The van der Waals surface area contributed by atoms with Crippen molar-refractivity contribution >= 4 is 0 Å². The highest BCUT2D eigenvalue weighted by atomic mass is 19.1. The van der Waals surface area contributed by atoms with E-state index in [1.54, 1.807) is 0 Å². The monoisotopic (exact) mass is 267 g/mol. The number of nitrogens with two attached hydrogens (primary N) is 1. The molecule has 0 amide bonds. The molecule has 7 heteroatoms. The molecular weight excluding hydrogens is 253 g/mol. The lowest BCUT2D eigenvalue weighted by molar-refractivity contribution is 0.166. The van der Waals surface area contributed by atoms with Crippen LogP contribution in [0.25, 0.3) is 11.4 Å². The van der Waals surface area contributed by atoms with Gasteiger partial charge >= 0.3 is 0 Å². The van der Waals surface area contributed by atoms with Crippen molar-refractivity contribution in [2.75, 3.05) is 20.8 Å². The van der Waals surface area contributed by atoms with Gasteiger partial charge in [-0.3, -0.25) is 0 Å². The van der Waals surface area contributed by atoms with Gasteiger partial charge in [-0.25, -0.2) is 4.39 Å². The smallest absolute Gasteiger partial charge is 0.246 e. The average Bonchev–Trinajstić information content (AvgIpc) is 2.89. The van der Waals surface area contributed by atoms with Crippen molar-refractivity contribution in [3.8, 4) is 17.1 Å². The summed E-state index contributed by atoms with van der Waals surface area (Å²) in [7, 11) is 2.92. The normalized spacial score (nSPS) is 12.4. The molecule has 0 aliphatic carbocycles. The maximum atomic E-state index is 13.3. The Morgan fingerprint density at radius 2 is 2.21 bits per heavy atom. The first-order valence-electron chi connectivity index (χ1n) is 5.57. The molecule has 102 valence electrons. The summed E-state index contributed by atoms with van der Waals surface area (Å²) in [5.41, 5.74) is 6.35. The van der Waals surface area contributed by atoms with Crippen LogP contribution in [0.15, 0.2) is 22.7 Å². The van der Waals surface area contributed by atoms with Gasteiger partial charge in [-0.2, -0.15) is 4.98 Å². The number of methoxy groups -OCH3 is 2. The standard InChI is InChI=1S/C12H14FN3O3/c1-17-6-9(14)12-15-11(16-19-12)7-3-4-8(13)10(5-7)18-2/h3-5,9H,6,14H2,1-2H3. The summed E-state index contributed by atoms with van der Waals surface area (Å²) in [6, 6.07) is 3.81. The van der Waals surface area contributed by atoms with Crippen molar-refractivity contribution in [3.63, 3.8) is 0 Å². The Bertz CT molecular complexity index is 559. The molecule has 1 unspecified atom stereocenters. The molecule has 0 bridgehead atoms. The van der Waals surface area contributed by atoms with Gasteiger partial charge < -0.3 is 19.7 Å². The summed E-state index contributed by atoms with van der Waals surface area (Å²) in [5.74, 6) is 0.246. The highest BCUT2D eigenvalue weighted by Gasteiger charge is 2.16. The Hall–Kier alpha value is -1.99. The lowest BCUT2D eigenvalue weighted by Crippen LogP contribution is -2.16. The zero-order valence-corrected chi connectivity index (χ0v) is 10.6. The molecule has 1 aromatic carbocycles. The molecule has 0 aliphatic rings. The zero-order chi connectivity index (χ0) is 13.8. The quantitative estimate of drug-likeness (QED) is 0.884. The highest BCUT2D eigenvalue weighted by molar-refractivity contribution is 5.57. The summed E-state index contributed by atoms with van der Waals surface area (Å²) in [6.45, 7) is 0.272. The van der Waals surface area contributed by atoms with Crippen LogP contribution in [0.2, 0.25) is 0 Å². The molecule has 2 aromatic rings. The average molecular weight is 267 g/mol. The number of nitrogens with zero attached hydrogens (tertiary/aromatic N) is 2. The van der Waals surface area contributed by atoms with E-state index in [1.807, 2.05) is 0 Å². The van der Waals surface area contributed by atoms with Crippen molar-refractivity contribution in [2.24, 2.45) is 5.73 Å². The Morgan fingerprint density at radius 3 is 2.89 bits per heavy atom. The minimum absolute atomic E-state index is 0.116. The van der Waals surface area contributed by atoms with Crippen LogP contribution in [0, 0.1) is 5.82 Å². The summed E-state index contributed by atoms with van der Waals surface area (Å²) in [5, 5.41) is 3.80. The SMILES string of the molecule is COCC(N)c1nc(-c2ccc(F)c(OC)c2)no1.